The van der Waals surface area contributed by atoms with E-state index in [9.17, 15) is 13.2 Å². The Hall–Kier alpha value is -2.18. The van der Waals surface area contributed by atoms with Gasteiger partial charge in [0.25, 0.3) is 0 Å². The first-order valence-electron chi connectivity index (χ1n) is 8.94. The highest BCUT2D eigenvalue weighted by molar-refractivity contribution is 7.89. The van der Waals surface area contributed by atoms with E-state index in [4.69, 9.17) is 0 Å². The van der Waals surface area contributed by atoms with Crippen molar-refractivity contribution in [2.45, 2.75) is 36.2 Å². The Morgan fingerprint density at radius 2 is 1.65 bits per heavy atom. The molecule has 1 N–H and O–H groups in total. The van der Waals surface area contributed by atoms with Crippen molar-refractivity contribution in [1.82, 2.24) is 9.62 Å². The number of nitrogens with one attached hydrogen (secondary N) is 1. The number of carbonyl (C=O) groups is 1. The van der Waals surface area contributed by atoms with E-state index in [1.807, 2.05) is 35.2 Å². The quantitative estimate of drug-likeness (QED) is 0.877. The van der Waals surface area contributed by atoms with Crippen LogP contribution in [0.25, 0.3) is 0 Å². The molecule has 4 rings (SSSR count). The van der Waals surface area contributed by atoms with Crippen molar-refractivity contribution >= 4 is 15.9 Å². The van der Waals surface area contributed by atoms with Crippen molar-refractivity contribution in [3.8, 4) is 0 Å². The minimum absolute atomic E-state index is 0.0917. The molecule has 1 amide bonds. The summed E-state index contributed by atoms with van der Waals surface area (Å²) in [7, 11) is -3.51. The van der Waals surface area contributed by atoms with E-state index in [1.165, 1.54) is 0 Å². The van der Waals surface area contributed by atoms with Crippen molar-refractivity contribution in [3.63, 3.8) is 0 Å². The topological polar surface area (TPSA) is 66.5 Å². The number of piperidine rings is 1. The van der Waals surface area contributed by atoms with Gasteiger partial charge in [0, 0.05) is 18.6 Å². The minimum atomic E-state index is -3.51. The molecule has 2 aliphatic rings. The number of benzene rings is 2. The van der Waals surface area contributed by atoms with E-state index in [1.54, 1.807) is 30.3 Å². The summed E-state index contributed by atoms with van der Waals surface area (Å²) in [5, 5.41) is 0. The van der Waals surface area contributed by atoms with E-state index < -0.39 is 10.0 Å². The van der Waals surface area contributed by atoms with Crippen molar-refractivity contribution < 1.29 is 13.2 Å². The smallest absolute Gasteiger partial charge is 0.240 e. The lowest BCUT2D eigenvalue weighted by atomic mass is 10.0. The Morgan fingerprint density at radius 1 is 1.00 bits per heavy atom. The van der Waals surface area contributed by atoms with Crippen LogP contribution >= 0.6 is 0 Å². The summed E-state index contributed by atoms with van der Waals surface area (Å²) < 4.78 is 27.9. The molecule has 1 aliphatic heterocycles. The molecule has 2 aromatic rings. The van der Waals surface area contributed by atoms with Crippen molar-refractivity contribution in [1.29, 1.82) is 0 Å². The summed E-state index contributed by atoms with van der Waals surface area (Å²) >= 11 is 0. The number of hydrogen-bond acceptors (Lipinski definition) is 3. The number of carbonyl (C=O) groups excluding carboxylic acids is 1. The van der Waals surface area contributed by atoms with E-state index in [0.717, 1.165) is 12.0 Å². The molecule has 0 aromatic heterocycles. The maximum absolute atomic E-state index is 12.6. The van der Waals surface area contributed by atoms with Crippen LogP contribution in [-0.2, 0) is 21.2 Å². The Labute approximate surface area is 154 Å². The number of likely N-dealkylation sites (tertiary alicyclic amines) is 1. The van der Waals surface area contributed by atoms with Crippen LogP contribution < -0.4 is 4.72 Å². The third kappa shape index (κ3) is 3.39. The van der Waals surface area contributed by atoms with Gasteiger partial charge in [-0.05, 0) is 36.5 Å². The fraction of sp³-hybridized carbons (Fsp3) is 0.350. The lowest BCUT2D eigenvalue weighted by Crippen LogP contribution is -2.48. The Bertz CT molecular complexity index is 884. The third-order valence-electron chi connectivity index (χ3n) is 5.42. The molecule has 0 spiro atoms. The fourth-order valence-corrected chi connectivity index (χ4v) is 5.48. The van der Waals surface area contributed by atoms with Gasteiger partial charge in [-0.3, -0.25) is 4.79 Å². The van der Waals surface area contributed by atoms with Gasteiger partial charge in [-0.2, -0.15) is 0 Å². The molecule has 1 heterocycles. The average molecular weight is 370 g/mol. The normalized spacial score (nSPS) is 24.8. The Morgan fingerprint density at radius 3 is 2.27 bits per heavy atom. The van der Waals surface area contributed by atoms with Crippen molar-refractivity contribution in [2.75, 3.05) is 6.54 Å². The second kappa shape index (κ2) is 6.85. The first-order valence-corrected chi connectivity index (χ1v) is 10.4. The largest absolute Gasteiger partial charge is 0.339 e. The van der Waals surface area contributed by atoms with Gasteiger partial charge >= 0.3 is 0 Å². The molecule has 1 aliphatic carbocycles. The third-order valence-corrected chi connectivity index (χ3v) is 6.93. The molecule has 2 aromatic carbocycles. The molecule has 0 unspecified atom stereocenters. The van der Waals surface area contributed by atoms with Gasteiger partial charge in [-0.1, -0.05) is 48.5 Å². The van der Waals surface area contributed by atoms with Crippen LogP contribution in [0.2, 0.25) is 0 Å². The number of fused-ring (bicyclic) bond motifs is 2. The maximum Gasteiger partial charge on any atom is 0.240 e. The molecular weight excluding hydrogens is 348 g/mol. The summed E-state index contributed by atoms with van der Waals surface area (Å²) in [5.41, 5.74) is 1.02. The van der Waals surface area contributed by atoms with Crippen molar-refractivity contribution in [3.05, 3.63) is 66.2 Å². The highest BCUT2D eigenvalue weighted by Gasteiger charge is 2.47. The summed E-state index contributed by atoms with van der Waals surface area (Å²) in [6, 6.07) is 18.2. The standard InChI is InChI=1S/C20H22N2O3S/c23-20(11-15-7-3-1-4-8-15)22-14-16-12-17(22)13-19(16)21-26(24,25)18-9-5-2-6-10-18/h1-10,16-17,19,21H,11-14H2/t16-,17-,19-/m0/s1. The number of hydrogen-bond donors (Lipinski definition) is 1. The predicted molar refractivity (Wildman–Crippen MR) is 98.9 cm³/mol. The summed E-state index contributed by atoms with van der Waals surface area (Å²) in [6.45, 7) is 0.637. The SMILES string of the molecule is O=C(Cc1ccccc1)N1C[C@@H]2C[C@H]1C[C@@H]2NS(=O)(=O)c1ccccc1. The van der Waals surface area contributed by atoms with Crippen LogP contribution in [0, 0.1) is 5.92 Å². The van der Waals surface area contributed by atoms with Gasteiger partial charge in [-0.15, -0.1) is 0 Å². The van der Waals surface area contributed by atoms with Gasteiger partial charge in [0.1, 0.15) is 0 Å². The zero-order chi connectivity index (χ0) is 18.1. The number of sulfonamides is 1. The lowest BCUT2D eigenvalue weighted by molar-refractivity contribution is -0.132. The summed E-state index contributed by atoms with van der Waals surface area (Å²) in [5.74, 6) is 0.325. The van der Waals surface area contributed by atoms with Gasteiger partial charge < -0.3 is 4.90 Å². The minimum Gasteiger partial charge on any atom is -0.339 e. The molecule has 1 saturated heterocycles. The van der Waals surface area contributed by atoms with Crippen LogP contribution in [0.15, 0.2) is 65.6 Å². The first kappa shape index (κ1) is 17.2. The molecule has 5 nitrogen and oxygen atoms in total. The van der Waals surface area contributed by atoms with Crippen LogP contribution in [0.3, 0.4) is 0 Å². The molecule has 6 heteroatoms. The first-order chi connectivity index (χ1) is 12.5. The van der Waals surface area contributed by atoms with Gasteiger partial charge in [0.2, 0.25) is 15.9 Å². The van der Waals surface area contributed by atoms with Gasteiger partial charge in [0.05, 0.1) is 11.3 Å². The number of amides is 1. The lowest BCUT2D eigenvalue weighted by Gasteiger charge is -2.32. The van der Waals surface area contributed by atoms with Gasteiger partial charge in [-0.25, -0.2) is 13.1 Å². The fourth-order valence-electron chi connectivity index (χ4n) is 4.14. The molecule has 1 saturated carbocycles. The second-order valence-corrected chi connectivity index (χ2v) is 8.85. The zero-order valence-corrected chi connectivity index (χ0v) is 15.2. The van der Waals surface area contributed by atoms with Crippen LogP contribution in [-0.4, -0.2) is 37.9 Å². The summed E-state index contributed by atoms with van der Waals surface area (Å²) in [6.07, 6.45) is 1.98. The van der Waals surface area contributed by atoms with Crippen LogP contribution in [0.1, 0.15) is 18.4 Å². The number of rotatable bonds is 5. The van der Waals surface area contributed by atoms with Crippen LogP contribution in [0.5, 0.6) is 0 Å². The predicted octanol–water partition coefficient (Wildman–Crippen LogP) is 2.20. The monoisotopic (exact) mass is 370 g/mol. The van der Waals surface area contributed by atoms with E-state index >= 15 is 0 Å². The number of nitrogens with zero attached hydrogens (tertiary/aromatic N) is 1. The van der Waals surface area contributed by atoms with Gasteiger partial charge in [0.15, 0.2) is 0 Å². The molecule has 136 valence electrons. The zero-order valence-electron chi connectivity index (χ0n) is 14.4. The second-order valence-electron chi connectivity index (χ2n) is 7.13. The molecule has 26 heavy (non-hydrogen) atoms. The molecule has 3 atom stereocenters. The van der Waals surface area contributed by atoms with Crippen LogP contribution in [0.4, 0.5) is 0 Å². The molecular formula is C20H22N2O3S. The summed E-state index contributed by atoms with van der Waals surface area (Å²) in [4.78, 5) is 14.8. The highest BCUT2D eigenvalue weighted by atomic mass is 32.2. The molecule has 2 fully saturated rings. The molecule has 2 bridgehead atoms. The Balaban J connectivity index is 1.39. The van der Waals surface area contributed by atoms with E-state index in [2.05, 4.69) is 4.72 Å². The van der Waals surface area contributed by atoms with E-state index in [-0.39, 0.29) is 23.9 Å². The van der Waals surface area contributed by atoms with E-state index in [0.29, 0.717) is 24.3 Å². The Kier molecular flexibility index (Phi) is 4.54. The highest BCUT2D eigenvalue weighted by Crippen LogP contribution is 2.38. The van der Waals surface area contributed by atoms with Crippen molar-refractivity contribution in [2.24, 2.45) is 5.92 Å². The maximum atomic E-state index is 12.6. The average Bonchev–Trinajstić information content (AvgIpc) is 3.23. The molecule has 0 radical (unpaired) electrons.